The summed E-state index contributed by atoms with van der Waals surface area (Å²) < 4.78 is 6.28. The van der Waals surface area contributed by atoms with Gasteiger partial charge < -0.3 is 15.2 Å². The van der Waals surface area contributed by atoms with Gasteiger partial charge in [0.2, 0.25) is 0 Å². The maximum atomic E-state index is 9.45. The summed E-state index contributed by atoms with van der Waals surface area (Å²) in [5, 5.41) is 12.8. The molecule has 1 aliphatic rings. The van der Waals surface area contributed by atoms with Crippen LogP contribution in [-0.4, -0.2) is 30.5 Å². The van der Waals surface area contributed by atoms with Crippen LogP contribution in [0.25, 0.3) is 0 Å². The number of anilines is 1. The van der Waals surface area contributed by atoms with Gasteiger partial charge in [0.15, 0.2) is 0 Å². The minimum atomic E-state index is -0.207. The Morgan fingerprint density at radius 1 is 1.56 bits per heavy atom. The maximum absolute atomic E-state index is 9.45. The first-order chi connectivity index (χ1) is 7.67. The van der Waals surface area contributed by atoms with Gasteiger partial charge in [0.05, 0.1) is 18.2 Å². The van der Waals surface area contributed by atoms with E-state index in [9.17, 15) is 5.11 Å². The van der Waals surface area contributed by atoms with Crippen LogP contribution >= 0.6 is 15.9 Å². The molecule has 0 saturated heterocycles. The van der Waals surface area contributed by atoms with Gasteiger partial charge in [0.25, 0.3) is 0 Å². The molecule has 0 aromatic heterocycles. The third-order valence-corrected chi connectivity index (χ3v) is 3.60. The molecule has 2 rings (SSSR count). The van der Waals surface area contributed by atoms with Crippen molar-refractivity contribution in [2.75, 3.05) is 19.0 Å². The van der Waals surface area contributed by atoms with Crippen molar-refractivity contribution < 1.29 is 9.84 Å². The standard InChI is InChI=1S/C12H16BrNO2/c1-16-11-6-12(7-11,8-15)14-10-4-2-3-9(13)5-10/h2-5,11,14-15H,6-8H2,1H3. The van der Waals surface area contributed by atoms with Crippen molar-refractivity contribution in [1.82, 2.24) is 0 Å². The topological polar surface area (TPSA) is 41.5 Å². The number of methoxy groups -OCH3 is 1. The maximum Gasteiger partial charge on any atom is 0.0663 e. The summed E-state index contributed by atoms with van der Waals surface area (Å²) in [5.41, 5.74) is 0.819. The zero-order chi connectivity index (χ0) is 11.6. The van der Waals surface area contributed by atoms with Crippen LogP contribution in [0.5, 0.6) is 0 Å². The van der Waals surface area contributed by atoms with Gasteiger partial charge in [-0.25, -0.2) is 0 Å². The zero-order valence-corrected chi connectivity index (χ0v) is 10.8. The lowest BCUT2D eigenvalue weighted by molar-refractivity contribution is -0.0256. The summed E-state index contributed by atoms with van der Waals surface area (Å²) >= 11 is 3.43. The minimum Gasteiger partial charge on any atom is -0.394 e. The second kappa shape index (κ2) is 4.73. The summed E-state index contributed by atoms with van der Waals surface area (Å²) in [4.78, 5) is 0. The summed E-state index contributed by atoms with van der Waals surface area (Å²) in [6.45, 7) is 0.138. The molecule has 88 valence electrons. The second-order valence-electron chi connectivity index (χ2n) is 4.34. The van der Waals surface area contributed by atoms with Gasteiger partial charge >= 0.3 is 0 Å². The van der Waals surface area contributed by atoms with Crippen molar-refractivity contribution in [1.29, 1.82) is 0 Å². The molecule has 1 aromatic carbocycles. The van der Waals surface area contributed by atoms with Crippen LogP contribution in [0.15, 0.2) is 28.7 Å². The van der Waals surface area contributed by atoms with Crippen LogP contribution in [0.3, 0.4) is 0 Å². The number of nitrogens with one attached hydrogen (secondary N) is 1. The molecular formula is C12H16BrNO2. The number of benzene rings is 1. The highest BCUT2D eigenvalue weighted by Gasteiger charge is 2.44. The Morgan fingerprint density at radius 2 is 2.31 bits per heavy atom. The Bertz CT molecular complexity index is 364. The van der Waals surface area contributed by atoms with Crippen molar-refractivity contribution in [3.63, 3.8) is 0 Å². The van der Waals surface area contributed by atoms with Crippen LogP contribution in [0.4, 0.5) is 5.69 Å². The molecule has 0 aliphatic heterocycles. The van der Waals surface area contributed by atoms with Crippen LogP contribution in [0, 0.1) is 0 Å². The number of rotatable bonds is 4. The van der Waals surface area contributed by atoms with E-state index in [-0.39, 0.29) is 18.2 Å². The Morgan fingerprint density at radius 3 is 2.88 bits per heavy atom. The van der Waals surface area contributed by atoms with Gasteiger partial charge in [-0.1, -0.05) is 22.0 Å². The number of halogens is 1. The fraction of sp³-hybridized carbons (Fsp3) is 0.500. The summed E-state index contributed by atoms with van der Waals surface area (Å²) in [6.07, 6.45) is 1.98. The van der Waals surface area contributed by atoms with E-state index in [0.29, 0.717) is 0 Å². The molecule has 1 aliphatic carbocycles. The minimum absolute atomic E-state index is 0.138. The van der Waals surface area contributed by atoms with E-state index in [1.54, 1.807) is 7.11 Å². The molecule has 1 saturated carbocycles. The van der Waals surface area contributed by atoms with E-state index in [4.69, 9.17) is 4.74 Å². The van der Waals surface area contributed by atoms with Crippen LogP contribution in [0.2, 0.25) is 0 Å². The van der Waals surface area contributed by atoms with Crippen LogP contribution < -0.4 is 5.32 Å². The van der Waals surface area contributed by atoms with Gasteiger partial charge in [0.1, 0.15) is 0 Å². The number of hydrogen-bond donors (Lipinski definition) is 2. The highest BCUT2D eigenvalue weighted by Crippen LogP contribution is 2.37. The molecule has 0 unspecified atom stereocenters. The normalized spacial score (nSPS) is 28.6. The van der Waals surface area contributed by atoms with Gasteiger partial charge in [0, 0.05) is 17.3 Å². The van der Waals surface area contributed by atoms with Crippen molar-refractivity contribution in [2.24, 2.45) is 0 Å². The molecule has 16 heavy (non-hydrogen) atoms. The van der Waals surface area contributed by atoms with Gasteiger partial charge in [-0.05, 0) is 31.0 Å². The predicted molar refractivity (Wildman–Crippen MR) is 67.6 cm³/mol. The van der Waals surface area contributed by atoms with Gasteiger partial charge in [-0.3, -0.25) is 0 Å². The van der Waals surface area contributed by atoms with Crippen LogP contribution in [-0.2, 0) is 4.74 Å². The Hall–Kier alpha value is -0.580. The Kier molecular flexibility index (Phi) is 3.52. The predicted octanol–water partition coefficient (Wildman–Crippen LogP) is 2.40. The van der Waals surface area contributed by atoms with Gasteiger partial charge in [-0.2, -0.15) is 0 Å². The number of aliphatic hydroxyl groups excluding tert-OH is 1. The first-order valence-corrected chi connectivity index (χ1v) is 6.14. The van der Waals surface area contributed by atoms with Gasteiger partial charge in [-0.15, -0.1) is 0 Å². The van der Waals surface area contributed by atoms with Crippen molar-refractivity contribution in [3.05, 3.63) is 28.7 Å². The molecule has 0 spiro atoms. The smallest absolute Gasteiger partial charge is 0.0663 e. The zero-order valence-electron chi connectivity index (χ0n) is 9.24. The quantitative estimate of drug-likeness (QED) is 0.893. The fourth-order valence-corrected chi connectivity index (χ4v) is 2.52. The largest absolute Gasteiger partial charge is 0.394 e. The van der Waals surface area contributed by atoms with E-state index >= 15 is 0 Å². The lowest BCUT2D eigenvalue weighted by Crippen LogP contribution is -2.56. The van der Waals surface area contributed by atoms with E-state index in [2.05, 4.69) is 21.2 Å². The summed E-state index contributed by atoms with van der Waals surface area (Å²) in [5.74, 6) is 0. The van der Waals surface area contributed by atoms with Crippen molar-refractivity contribution in [2.45, 2.75) is 24.5 Å². The molecular weight excluding hydrogens is 270 g/mol. The van der Waals surface area contributed by atoms with E-state index in [1.807, 2.05) is 24.3 Å². The van der Waals surface area contributed by atoms with Crippen molar-refractivity contribution in [3.8, 4) is 0 Å². The molecule has 0 radical (unpaired) electrons. The van der Waals surface area contributed by atoms with Crippen molar-refractivity contribution >= 4 is 21.6 Å². The fourth-order valence-electron chi connectivity index (χ4n) is 2.12. The SMILES string of the molecule is COC1CC(CO)(Nc2cccc(Br)c2)C1. The molecule has 1 aromatic rings. The van der Waals surface area contributed by atoms with E-state index < -0.39 is 0 Å². The Labute approximate surface area is 104 Å². The third-order valence-electron chi connectivity index (χ3n) is 3.11. The third kappa shape index (κ3) is 2.39. The number of ether oxygens (including phenoxy) is 1. The second-order valence-corrected chi connectivity index (χ2v) is 5.26. The highest BCUT2D eigenvalue weighted by atomic mass is 79.9. The number of hydrogen-bond acceptors (Lipinski definition) is 3. The molecule has 4 heteroatoms. The summed E-state index contributed by atoms with van der Waals surface area (Å²) in [6, 6.07) is 7.97. The van der Waals surface area contributed by atoms with E-state index in [1.165, 1.54) is 0 Å². The number of aliphatic hydroxyl groups is 1. The molecule has 0 bridgehead atoms. The lowest BCUT2D eigenvalue weighted by atomic mass is 9.74. The molecule has 2 N–H and O–H groups in total. The molecule has 0 atom stereocenters. The van der Waals surface area contributed by atoms with E-state index in [0.717, 1.165) is 23.0 Å². The highest BCUT2D eigenvalue weighted by molar-refractivity contribution is 9.10. The summed E-state index contributed by atoms with van der Waals surface area (Å²) in [7, 11) is 1.71. The monoisotopic (exact) mass is 285 g/mol. The lowest BCUT2D eigenvalue weighted by Gasteiger charge is -2.46. The molecule has 0 heterocycles. The average Bonchev–Trinajstić information content (AvgIpc) is 2.23. The Balaban J connectivity index is 2.03. The first-order valence-electron chi connectivity index (χ1n) is 5.35. The average molecular weight is 286 g/mol. The molecule has 1 fully saturated rings. The molecule has 0 amide bonds. The molecule has 3 nitrogen and oxygen atoms in total. The first kappa shape index (κ1) is 11.9. The van der Waals surface area contributed by atoms with Crippen LogP contribution in [0.1, 0.15) is 12.8 Å².